The van der Waals surface area contributed by atoms with E-state index >= 15 is 0 Å². The molecule has 0 amide bonds. The molecule has 11 heteroatoms. The first-order valence-corrected chi connectivity index (χ1v) is 13.5. The molecular formula is C25H34N6O4S. The van der Waals surface area contributed by atoms with Crippen molar-refractivity contribution in [1.29, 1.82) is 0 Å². The Morgan fingerprint density at radius 3 is 2.94 bits per heavy atom. The van der Waals surface area contributed by atoms with E-state index in [0.717, 1.165) is 55.4 Å². The summed E-state index contributed by atoms with van der Waals surface area (Å²) in [6.45, 7) is 5.01. The molecule has 3 saturated heterocycles. The third kappa shape index (κ3) is 3.97. The number of nitrogens with one attached hydrogen (secondary N) is 1. The minimum absolute atomic E-state index is 0.0805. The van der Waals surface area contributed by atoms with Gasteiger partial charge in [-0.15, -0.1) is 0 Å². The van der Waals surface area contributed by atoms with Crippen molar-refractivity contribution in [3.8, 4) is 5.75 Å². The predicted octanol–water partition coefficient (Wildman–Crippen LogP) is 1.66. The first-order valence-electron chi connectivity index (χ1n) is 12.7. The third-order valence-corrected chi connectivity index (χ3v) is 9.24. The van der Waals surface area contributed by atoms with E-state index in [1.165, 1.54) is 11.8 Å². The zero-order valence-corrected chi connectivity index (χ0v) is 21.5. The lowest BCUT2D eigenvalue weighted by molar-refractivity contribution is 0.000737. The fourth-order valence-corrected chi connectivity index (χ4v) is 7.16. The van der Waals surface area contributed by atoms with Crippen LogP contribution in [0.4, 0.5) is 5.82 Å². The van der Waals surface area contributed by atoms with E-state index in [4.69, 9.17) is 29.9 Å². The van der Waals surface area contributed by atoms with Gasteiger partial charge in [-0.1, -0.05) is 11.8 Å². The predicted molar refractivity (Wildman–Crippen MR) is 134 cm³/mol. The highest BCUT2D eigenvalue weighted by molar-refractivity contribution is 7.99. The highest BCUT2D eigenvalue weighted by atomic mass is 32.2. The van der Waals surface area contributed by atoms with Crippen LogP contribution in [0.15, 0.2) is 28.4 Å². The molecule has 3 fully saturated rings. The van der Waals surface area contributed by atoms with Crippen molar-refractivity contribution in [2.75, 3.05) is 38.3 Å². The molecule has 2 aromatic rings. The number of nitrogens with two attached hydrogens (primary N) is 1. The molecule has 0 saturated carbocycles. The van der Waals surface area contributed by atoms with Gasteiger partial charge < -0.3 is 35.3 Å². The SMILES string of the molecule is CO[C@@H]1C[C@H]2COc3c(Sc4cnc(C5O[C@@H](C)[C@@H](N)C56CCNCC6)c(CO)n4)ccnc3N2C1. The quantitative estimate of drug-likeness (QED) is 0.539. The molecule has 4 aliphatic rings. The second kappa shape index (κ2) is 9.70. The van der Waals surface area contributed by atoms with Crippen molar-refractivity contribution in [2.24, 2.45) is 11.1 Å². The van der Waals surface area contributed by atoms with Gasteiger partial charge in [-0.3, -0.25) is 4.98 Å². The number of hydrogen-bond donors (Lipinski definition) is 3. The van der Waals surface area contributed by atoms with Crippen molar-refractivity contribution < 1.29 is 19.3 Å². The number of anilines is 1. The number of aliphatic hydroxyl groups excluding tert-OH is 1. The molecule has 10 nitrogen and oxygen atoms in total. The fourth-order valence-electron chi connectivity index (χ4n) is 6.30. The Morgan fingerprint density at radius 1 is 1.33 bits per heavy atom. The van der Waals surface area contributed by atoms with E-state index in [0.29, 0.717) is 23.0 Å². The molecule has 6 rings (SSSR count). The number of fused-ring (bicyclic) bond motifs is 3. The van der Waals surface area contributed by atoms with Crippen LogP contribution < -0.4 is 20.7 Å². The molecule has 194 valence electrons. The number of pyridine rings is 1. The van der Waals surface area contributed by atoms with Crippen LogP contribution in [0.5, 0.6) is 5.75 Å². The minimum Gasteiger partial charge on any atom is -0.486 e. The molecule has 0 bridgehead atoms. The van der Waals surface area contributed by atoms with Crippen LogP contribution >= 0.6 is 11.8 Å². The summed E-state index contributed by atoms with van der Waals surface area (Å²) >= 11 is 1.47. The molecule has 0 aliphatic carbocycles. The van der Waals surface area contributed by atoms with Gasteiger partial charge in [0.25, 0.3) is 0 Å². The van der Waals surface area contributed by atoms with Crippen LogP contribution in [-0.2, 0) is 16.1 Å². The number of ether oxygens (including phenoxy) is 3. The molecular weight excluding hydrogens is 480 g/mol. The summed E-state index contributed by atoms with van der Waals surface area (Å²) in [6.07, 6.45) is 6.15. The van der Waals surface area contributed by atoms with Crippen LogP contribution in [0.1, 0.15) is 43.7 Å². The van der Waals surface area contributed by atoms with Crippen LogP contribution in [0, 0.1) is 5.41 Å². The zero-order valence-electron chi connectivity index (χ0n) is 20.7. The van der Waals surface area contributed by atoms with Crippen molar-refractivity contribution >= 4 is 17.6 Å². The normalized spacial score (nSPS) is 30.8. The maximum atomic E-state index is 10.3. The highest BCUT2D eigenvalue weighted by Crippen LogP contribution is 2.53. The molecule has 1 spiro atoms. The van der Waals surface area contributed by atoms with Crippen LogP contribution in [0.25, 0.3) is 0 Å². The Balaban J connectivity index is 1.28. The van der Waals surface area contributed by atoms with Gasteiger partial charge in [0.05, 0.1) is 47.3 Å². The van der Waals surface area contributed by atoms with Crippen LogP contribution in [0.3, 0.4) is 0 Å². The number of rotatable bonds is 5. The van der Waals surface area contributed by atoms with Gasteiger partial charge in [0.1, 0.15) is 17.7 Å². The maximum absolute atomic E-state index is 10.3. The number of hydrogen-bond acceptors (Lipinski definition) is 11. The van der Waals surface area contributed by atoms with Gasteiger partial charge in [0.15, 0.2) is 11.6 Å². The van der Waals surface area contributed by atoms with Crippen LogP contribution in [-0.4, -0.2) is 77.7 Å². The topological polar surface area (TPSA) is 128 Å². The Kier molecular flexibility index (Phi) is 6.55. The second-order valence-corrected chi connectivity index (χ2v) is 11.3. The van der Waals surface area contributed by atoms with Gasteiger partial charge in [-0.05, 0) is 45.3 Å². The summed E-state index contributed by atoms with van der Waals surface area (Å²) in [7, 11) is 1.75. The van der Waals surface area contributed by atoms with E-state index in [1.54, 1.807) is 19.5 Å². The molecule has 36 heavy (non-hydrogen) atoms. The maximum Gasteiger partial charge on any atom is 0.175 e. The number of nitrogens with zero attached hydrogens (tertiary/aromatic N) is 4. The molecule has 1 unspecified atom stereocenters. The van der Waals surface area contributed by atoms with Crippen molar-refractivity contribution in [1.82, 2.24) is 20.3 Å². The summed E-state index contributed by atoms with van der Waals surface area (Å²) in [5.74, 6) is 1.61. The Morgan fingerprint density at radius 2 is 2.17 bits per heavy atom. The van der Waals surface area contributed by atoms with Gasteiger partial charge in [0, 0.05) is 31.3 Å². The van der Waals surface area contributed by atoms with E-state index in [2.05, 4.69) is 15.2 Å². The summed E-state index contributed by atoms with van der Waals surface area (Å²) in [5, 5.41) is 14.4. The largest absolute Gasteiger partial charge is 0.486 e. The third-order valence-electron chi connectivity index (χ3n) is 8.30. The monoisotopic (exact) mass is 514 g/mol. The van der Waals surface area contributed by atoms with Gasteiger partial charge in [-0.25, -0.2) is 9.97 Å². The summed E-state index contributed by atoms with van der Waals surface area (Å²) in [4.78, 5) is 17.4. The number of aliphatic hydroxyl groups is 1. The smallest absolute Gasteiger partial charge is 0.175 e. The lowest BCUT2D eigenvalue weighted by Gasteiger charge is -2.40. The molecule has 0 aromatic carbocycles. The summed E-state index contributed by atoms with van der Waals surface area (Å²) in [5.41, 5.74) is 7.69. The second-order valence-electron chi connectivity index (χ2n) is 10.2. The standard InChI is InChI=1S/C25H34N6O4S/c1-14-22(26)25(4-7-27-8-5-25)23(35-14)20-17(12-32)30-19(10-29-20)36-18-3-6-28-24-21(18)34-13-15-9-16(33-2)11-31(15)24/h3,6,10,14-16,22-23,27,32H,4-5,7-9,11-13,26H2,1-2H3/t14-,15-,16+,22+,23?/m0/s1. The van der Waals surface area contributed by atoms with E-state index in [1.807, 2.05) is 13.0 Å². The Bertz CT molecular complexity index is 1120. The van der Waals surface area contributed by atoms with Crippen molar-refractivity contribution in [3.63, 3.8) is 0 Å². The van der Waals surface area contributed by atoms with Crippen LogP contribution in [0.2, 0.25) is 0 Å². The van der Waals surface area contributed by atoms with Gasteiger partial charge in [0.2, 0.25) is 0 Å². The zero-order chi connectivity index (χ0) is 24.9. The summed E-state index contributed by atoms with van der Waals surface area (Å²) < 4.78 is 18.1. The number of methoxy groups -OCH3 is 1. The van der Waals surface area contributed by atoms with Crippen molar-refractivity contribution in [3.05, 3.63) is 29.8 Å². The average molecular weight is 515 g/mol. The molecule has 4 aliphatic heterocycles. The highest BCUT2D eigenvalue weighted by Gasteiger charge is 2.55. The lowest BCUT2D eigenvalue weighted by Crippen LogP contribution is -2.50. The van der Waals surface area contributed by atoms with E-state index in [-0.39, 0.29) is 42.4 Å². The van der Waals surface area contributed by atoms with Gasteiger partial charge in [-0.2, -0.15) is 0 Å². The average Bonchev–Trinajstić information content (AvgIpc) is 3.44. The first-order chi connectivity index (χ1) is 17.5. The molecule has 6 heterocycles. The molecule has 2 aromatic heterocycles. The fraction of sp³-hybridized carbons (Fsp3) is 0.640. The lowest BCUT2D eigenvalue weighted by atomic mass is 9.68. The van der Waals surface area contributed by atoms with E-state index in [9.17, 15) is 5.11 Å². The molecule has 4 N–H and O–H groups in total. The number of piperidine rings is 1. The molecule has 5 atom stereocenters. The van der Waals surface area contributed by atoms with Crippen molar-refractivity contribution in [2.45, 2.75) is 73.1 Å². The van der Waals surface area contributed by atoms with E-state index < -0.39 is 0 Å². The van der Waals surface area contributed by atoms with Gasteiger partial charge >= 0.3 is 0 Å². The Labute approximate surface area is 215 Å². The Hall–Kier alpha value is -2.02. The number of aromatic nitrogens is 3. The first kappa shape index (κ1) is 24.3. The minimum atomic E-state index is -0.281. The molecule has 0 radical (unpaired) electrons. The summed E-state index contributed by atoms with van der Waals surface area (Å²) in [6, 6.07) is 2.13.